The van der Waals surface area contributed by atoms with Crippen LogP contribution in [0.4, 0.5) is 0 Å². The van der Waals surface area contributed by atoms with Crippen molar-refractivity contribution in [3.8, 4) is 11.5 Å². The van der Waals surface area contributed by atoms with Gasteiger partial charge in [-0.2, -0.15) is 0 Å². The number of hydrogen-bond donors (Lipinski definition) is 1. The Morgan fingerprint density at radius 2 is 2.21 bits per heavy atom. The first kappa shape index (κ1) is 12.2. The van der Waals surface area contributed by atoms with Crippen LogP contribution in [-0.2, 0) is 6.42 Å². The van der Waals surface area contributed by atoms with Gasteiger partial charge in [0.15, 0.2) is 0 Å². The van der Waals surface area contributed by atoms with Gasteiger partial charge < -0.3 is 14.6 Å². The van der Waals surface area contributed by atoms with Gasteiger partial charge in [-0.15, -0.1) is 0 Å². The molecule has 0 spiro atoms. The lowest BCUT2D eigenvalue weighted by Crippen LogP contribution is -2.36. The van der Waals surface area contributed by atoms with Crippen LogP contribution in [-0.4, -0.2) is 23.0 Å². The predicted molar refractivity (Wildman–Crippen MR) is 72.6 cm³/mol. The summed E-state index contributed by atoms with van der Waals surface area (Å²) < 4.78 is 11.0. The van der Waals surface area contributed by atoms with Crippen molar-refractivity contribution in [2.45, 2.75) is 32.5 Å². The van der Waals surface area contributed by atoms with Crippen LogP contribution in [0.1, 0.15) is 24.6 Å². The summed E-state index contributed by atoms with van der Waals surface area (Å²) in [6.45, 7) is 3.59. The van der Waals surface area contributed by atoms with Gasteiger partial charge in [0.1, 0.15) is 11.5 Å². The molecule has 1 aromatic carbocycles. The molecule has 100 valence electrons. The standard InChI is InChI=1S/C15H17NO3/c1-9-14-11(6-7-15(2,17)19-14)12-8-10(18-3)4-5-13(12)16-9/h4-5,8,17H,6-7H2,1-3H3. The van der Waals surface area contributed by atoms with Gasteiger partial charge in [-0.25, -0.2) is 4.98 Å². The third-order valence-corrected chi connectivity index (χ3v) is 3.58. The molecular weight excluding hydrogens is 242 g/mol. The number of methoxy groups -OCH3 is 1. The first-order valence-corrected chi connectivity index (χ1v) is 6.39. The van der Waals surface area contributed by atoms with Gasteiger partial charge in [0.25, 0.3) is 0 Å². The van der Waals surface area contributed by atoms with Crippen LogP contribution in [0.3, 0.4) is 0 Å². The summed E-state index contributed by atoms with van der Waals surface area (Å²) in [6.07, 6.45) is 1.35. The molecule has 19 heavy (non-hydrogen) atoms. The Morgan fingerprint density at radius 3 is 2.95 bits per heavy atom. The number of aliphatic hydroxyl groups is 1. The molecule has 1 atom stereocenters. The maximum atomic E-state index is 10.0. The van der Waals surface area contributed by atoms with E-state index in [-0.39, 0.29) is 0 Å². The van der Waals surface area contributed by atoms with Crippen molar-refractivity contribution in [2.24, 2.45) is 0 Å². The molecular formula is C15H17NO3. The Morgan fingerprint density at radius 1 is 1.42 bits per heavy atom. The second-order valence-corrected chi connectivity index (χ2v) is 5.17. The zero-order valence-corrected chi connectivity index (χ0v) is 11.4. The highest BCUT2D eigenvalue weighted by Gasteiger charge is 2.31. The van der Waals surface area contributed by atoms with Gasteiger partial charge in [0, 0.05) is 24.3 Å². The highest BCUT2D eigenvalue weighted by Crippen LogP contribution is 2.38. The van der Waals surface area contributed by atoms with Crippen LogP contribution < -0.4 is 9.47 Å². The molecule has 2 heterocycles. The molecule has 1 N–H and O–H groups in total. The van der Waals surface area contributed by atoms with E-state index < -0.39 is 5.79 Å². The smallest absolute Gasteiger partial charge is 0.205 e. The van der Waals surface area contributed by atoms with Crippen LogP contribution in [0, 0.1) is 6.92 Å². The number of hydrogen-bond acceptors (Lipinski definition) is 4. The van der Waals surface area contributed by atoms with E-state index in [1.54, 1.807) is 14.0 Å². The highest BCUT2D eigenvalue weighted by atomic mass is 16.6. The van der Waals surface area contributed by atoms with E-state index in [4.69, 9.17) is 9.47 Å². The summed E-state index contributed by atoms with van der Waals surface area (Å²) in [7, 11) is 1.65. The lowest BCUT2D eigenvalue weighted by Gasteiger charge is -2.32. The number of nitrogens with zero attached hydrogens (tertiary/aromatic N) is 1. The van der Waals surface area contributed by atoms with Gasteiger partial charge >= 0.3 is 0 Å². The topological polar surface area (TPSA) is 51.6 Å². The monoisotopic (exact) mass is 259 g/mol. The molecule has 4 heteroatoms. The van der Waals surface area contributed by atoms with E-state index in [1.165, 1.54) is 0 Å². The van der Waals surface area contributed by atoms with Gasteiger partial charge in [0.05, 0.1) is 18.3 Å². The van der Waals surface area contributed by atoms with Gasteiger partial charge in [-0.05, 0) is 31.5 Å². The zero-order valence-electron chi connectivity index (χ0n) is 11.4. The van der Waals surface area contributed by atoms with Crippen LogP contribution in [0.5, 0.6) is 11.5 Å². The lowest BCUT2D eigenvalue weighted by molar-refractivity contribution is -0.134. The number of ether oxygens (including phenoxy) is 2. The molecule has 0 saturated carbocycles. The number of aryl methyl sites for hydroxylation is 2. The summed E-state index contributed by atoms with van der Waals surface area (Å²) in [5, 5.41) is 11.1. The van der Waals surface area contributed by atoms with Crippen molar-refractivity contribution < 1.29 is 14.6 Å². The quantitative estimate of drug-likeness (QED) is 0.855. The number of fused-ring (bicyclic) bond motifs is 3. The molecule has 2 aromatic rings. The minimum atomic E-state index is -1.11. The first-order valence-electron chi connectivity index (χ1n) is 6.39. The van der Waals surface area contributed by atoms with Crippen molar-refractivity contribution in [3.05, 3.63) is 29.5 Å². The number of pyridine rings is 1. The average molecular weight is 259 g/mol. The summed E-state index contributed by atoms with van der Waals surface area (Å²) in [5.41, 5.74) is 2.85. The van der Waals surface area contributed by atoms with Crippen LogP contribution in [0.15, 0.2) is 18.2 Å². The molecule has 4 nitrogen and oxygen atoms in total. The molecule has 1 aromatic heterocycles. The van der Waals surface area contributed by atoms with E-state index in [0.717, 1.165) is 34.3 Å². The number of rotatable bonds is 1. The third-order valence-electron chi connectivity index (χ3n) is 3.58. The number of benzene rings is 1. The predicted octanol–water partition coefficient (Wildman–Crippen LogP) is 2.59. The van der Waals surface area contributed by atoms with Crippen LogP contribution in [0.2, 0.25) is 0 Å². The maximum Gasteiger partial charge on any atom is 0.205 e. The zero-order chi connectivity index (χ0) is 13.6. The van der Waals surface area contributed by atoms with Crippen molar-refractivity contribution >= 4 is 10.9 Å². The second-order valence-electron chi connectivity index (χ2n) is 5.17. The Balaban J connectivity index is 2.26. The Bertz CT molecular complexity index is 649. The van der Waals surface area contributed by atoms with Crippen molar-refractivity contribution in [3.63, 3.8) is 0 Å². The van der Waals surface area contributed by atoms with E-state index in [1.807, 2.05) is 25.1 Å². The summed E-state index contributed by atoms with van der Waals surface area (Å²) in [5.74, 6) is 0.404. The summed E-state index contributed by atoms with van der Waals surface area (Å²) in [4.78, 5) is 4.54. The molecule has 0 fully saturated rings. The van der Waals surface area contributed by atoms with E-state index in [0.29, 0.717) is 12.2 Å². The molecule has 1 unspecified atom stereocenters. The highest BCUT2D eigenvalue weighted by molar-refractivity contribution is 5.86. The fourth-order valence-corrected chi connectivity index (χ4v) is 2.56. The molecule has 0 bridgehead atoms. The fraction of sp³-hybridized carbons (Fsp3) is 0.400. The van der Waals surface area contributed by atoms with Gasteiger partial charge in [-0.3, -0.25) is 0 Å². The lowest BCUT2D eigenvalue weighted by atomic mass is 9.96. The van der Waals surface area contributed by atoms with E-state index in [9.17, 15) is 5.11 Å². The SMILES string of the molecule is COc1ccc2nc(C)c3c(c2c1)CCC(C)(O)O3. The maximum absolute atomic E-state index is 10.0. The van der Waals surface area contributed by atoms with Crippen molar-refractivity contribution in [2.75, 3.05) is 7.11 Å². The van der Waals surface area contributed by atoms with Crippen molar-refractivity contribution in [1.29, 1.82) is 0 Å². The molecule has 1 aliphatic rings. The molecule has 0 saturated heterocycles. The minimum absolute atomic E-state index is 0.579. The van der Waals surface area contributed by atoms with Crippen molar-refractivity contribution in [1.82, 2.24) is 4.98 Å². The van der Waals surface area contributed by atoms with Gasteiger partial charge in [-0.1, -0.05) is 0 Å². The Kier molecular flexibility index (Phi) is 2.64. The Labute approximate surface area is 112 Å². The molecule has 0 radical (unpaired) electrons. The molecule has 3 rings (SSSR count). The second kappa shape index (κ2) is 4.10. The van der Waals surface area contributed by atoms with Crippen LogP contribution in [0.25, 0.3) is 10.9 Å². The largest absolute Gasteiger partial charge is 0.497 e. The molecule has 0 amide bonds. The number of aromatic nitrogens is 1. The summed E-state index contributed by atoms with van der Waals surface area (Å²) in [6, 6.07) is 5.83. The fourth-order valence-electron chi connectivity index (χ4n) is 2.56. The van der Waals surface area contributed by atoms with Gasteiger partial charge in [0.2, 0.25) is 5.79 Å². The third kappa shape index (κ3) is 2.02. The molecule has 0 aliphatic carbocycles. The first-order chi connectivity index (χ1) is 9.00. The van der Waals surface area contributed by atoms with E-state index >= 15 is 0 Å². The van der Waals surface area contributed by atoms with Crippen LogP contribution >= 0.6 is 0 Å². The van der Waals surface area contributed by atoms with E-state index in [2.05, 4.69) is 4.98 Å². The molecule has 1 aliphatic heterocycles. The summed E-state index contributed by atoms with van der Waals surface area (Å²) >= 11 is 0. The minimum Gasteiger partial charge on any atom is -0.497 e. The Hall–Kier alpha value is -1.81. The normalized spacial score (nSPS) is 21.9. The average Bonchev–Trinajstić information content (AvgIpc) is 2.38.